The van der Waals surface area contributed by atoms with Crippen molar-refractivity contribution in [1.29, 1.82) is 0 Å². The zero-order valence-electron chi connectivity index (χ0n) is 12.1. The molecule has 0 aliphatic heterocycles. The van der Waals surface area contributed by atoms with Gasteiger partial charge in [0.1, 0.15) is 0 Å². The smallest absolute Gasteiger partial charge is 0.385 e. The predicted molar refractivity (Wildman–Crippen MR) is 75.3 cm³/mol. The number of nitrogens with one attached hydrogen (secondary N) is 2. The van der Waals surface area contributed by atoms with E-state index in [4.69, 9.17) is 0 Å². The van der Waals surface area contributed by atoms with Crippen LogP contribution in [0.5, 0.6) is 0 Å². The predicted octanol–water partition coefficient (Wildman–Crippen LogP) is 3.67. The Bertz CT molecular complexity index is 522. The summed E-state index contributed by atoms with van der Waals surface area (Å²) in [5.74, 6) is 0.123. The van der Waals surface area contributed by atoms with E-state index < -0.39 is 17.6 Å². The van der Waals surface area contributed by atoms with Crippen molar-refractivity contribution in [3.63, 3.8) is 0 Å². The molecule has 2 N–H and O–H groups in total. The molecule has 1 amide bonds. The Morgan fingerprint density at radius 3 is 2.52 bits per heavy atom. The highest BCUT2D eigenvalue weighted by Gasteiger charge is 2.34. The molecule has 0 saturated heterocycles. The Balaban J connectivity index is 2.18. The highest BCUT2D eigenvalue weighted by atomic mass is 19.4. The minimum atomic E-state index is -4.49. The van der Waals surface area contributed by atoms with E-state index in [0.29, 0.717) is 12.5 Å². The molecular weight excluding hydrogens is 281 g/mol. The van der Waals surface area contributed by atoms with E-state index in [1.807, 2.05) is 0 Å². The number of benzene rings is 1. The lowest BCUT2D eigenvalue weighted by Gasteiger charge is -2.33. The van der Waals surface area contributed by atoms with Gasteiger partial charge in [-0.05, 0) is 43.9 Å². The highest BCUT2D eigenvalue weighted by Crippen LogP contribution is 2.35. The number of amides is 1. The largest absolute Gasteiger partial charge is 0.418 e. The first-order valence-corrected chi connectivity index (χ1v) is 7.07. The van der Waals surface area contributed by atoms with Crippen molar-refractivity contribution in [2.75, 3.05) is 11.9 Å². The summed E-state index contributed by atoms with van der Waals surface area (Å²) in [5.41, 5.74) is -0.763. The first-order valence-electron chi connectivity index (χ1n) is 7.07. The van der Waals surface area contributed by atoms with Gasteiger partial charge in [0, 0.05) is 23.8 Å². The lowest BCUT2D eigenvalue weighted by Crippen LogP contribution is -2.43. The molecule has 1 aliphatic carbocycles. The van der Waals surface area contributed by atoms with Crippen LogP contribution in [0.25, 0.3) is 0 Å². The van der Waals surface area contributed by atoms with Crippen molar-refractivity contribution in [3.05, 3.63) is 29.3 Å². The van der Waals surface area contributed by atoms with Crippen molar-refractivity contribution >= 4 is 11.6 Å². The van der Waals surface area contributed by atoms with Gasteiger partial charge in [0.2, 0.25) is 0 Å². The van der Waals surface area contributed by atoms with E-state index in [2.05, 4.69) is 17.6 Å². The lowest BCUT2D eigenvalue weighted by molar-refractivity contribution is -0.137. The number of alkyl halides is 3. The first-order chi connectivity index (χ1) is 9.81. The van der Waals surface area contributed by atoms with Gasteiger partial charge in [0.15, 0.2) is 0 Å². The third-order valence-electron chi connectivity index (χ3n) is 3.66. The third-order valence-corrected chi connectivity index (χ3v) is 3.66. The first kappa shape index (κ1) is 15.7. The fourth-order valence-electron chi connectivity index (χ4n) is 2.55. The van der Waals surface area contributed by atoms with Gasteiger partial charge >= 0.3 is 6.18 Å². The molecule has 0 bridgehead atoms. The second-order valence-corrected chi connectivity index (χ2v) is 5.54. The van der Waals surface area contributed by atoms with Crippen LogP contribution in [0.1, 0.15) is 42.6 Å². The number of hydrogen-bond donors (Lipinski definition) is 2. The number of carbonyl (C=O) groups excluding carboxylic acids is 1. The van der Waals surface area contributed by atoms with Crippen molar-refractivity contribution < 1.29 is 18.0 Å². The molecule has 116 valence electrons. The van der Waals surface area contributed by atoms with E-state index in [-0.39, 0.29) is 17.3 Å². The molecule has 0 aromatic heterocycles. The molecule has 1 aliphatic rings. The maximum absolute atomic E-state index is 13.0. The molecule has 0 radical (unpaired) electrons. The van der Waals surface area contributed by atoms with Crippen molar-refractivity contribution in [1.82, 2.24) is 5.32 Å². The van der Waals surface area contributed by atoms with Gasteiger partial charge < -0.3 is 10.6 Å². The van der Waals surface area contributed by atoms with E-state index in [1.54, 1.807) is 6.92 Å². The average Bonchev–Trinajstić information content (AvgIpc) is 2.36. The maximum Gasteiger partial charge on any atom is 0.418 e. The van der Waals surface area contributed by atoms with Crippen LogP contribution in [-0.4, -0.2) is 18.5 Å². The van der Waals surface area contributed by atoms with Crippen LogP contribution in [0.2, 0.25) is 0 Å². The molecule has 0 unspecified atom stereocenters. The van der Waals surface area contributed by atoms with Gasteiger partial charge in [0.05, 0.1) is 5.56 Å². The standard InChI is InChI=1S/C15H19F3N2O/c1-3-19-13-5-4-10(8-12(13)15(16,17)18)14(21)20-11-6-9(2)7-11/h4-5,8-9,11,19H,3,6-7H2,1-2H3,(H,20,21). The van der Waals surface area contributed by atoms with Crippen molar-refractivity contribution in [2.45, 2.75) is 38.9 Å². The van der Waals surface area contributed by atoms with Crippen LogP contribution >= 0.6 is 0 Å². The van der Waals surface area contributed by atoms with Crippen LogP contribution in [0.4, 0.5) is 18.9 Å². The van der Waals surface area contributed by atoms with Gasteiger partial charge in [-0.1, -0.05) is 6.92 Å². The summed E-state index contributed by atoms with van der Waals surface area (Å²) in [6, 6.07) is 3.72. The number of hydrogen-bond acceptors (Lipinski definition) is 2. The van der Waals surface area contributed by atoms with Crippen LogP contribution in [0.3, 0.4) is 0 Å². The molecule has 1 aromatic carbocycles. The average molecular weight is 300 g/mol. The molecule has 0 heterocycles. The molecule has 6 heteroatoms. The van der Waals surface area contributed by atoms with E-state index >= 15 is 0 Å². The van der Waals surface area contributed by atoms with Gasteiger partial charge in [-0.2, -0.15) is 13.2 Å². The Morgan fingerprint density at radius 1 is 1.33 bits per heavy atom. The van der Waals surface area contributed by atoms with Crippen LogP contribution < -0.4 is 10.6 Å². The number of halogens is 3. The normalized spacial score (nSPS) is 21.6. The topological polar surface area (TPSA) is 41.1 Å². The van der Waals surface area contributed by atoms with Crippen LogP contribution in [0, 0.1) is 5.92 Å². The van der Waals surface area contributed by atoms with Crippen LogP contribution in [0.15, 0.2) is 18.2 Å². The second kappa shape index (κ2) is 5.95. The monoisotopic (exact) mass is 300 g/mol. The Morgan fingerprint density at radius 2 is 2.00 bits per heavy atom. The quantitative estimate of drug-likeness (QED) is 0.891. The summed E-state index contributed by atoms with van der Waals surface area (Å²) in [6.07, 6.45) is -2.72. The summed E-state index contributed by atoms with van der Waals surface area (Å²) in [7, 11) is 0. The minimum Gasteiger partial charge on any atom is -0.385 e. The molecule has 1 fully saturated rings. The van der Waals surface area contributed by atoms with Gasteiger partial charge in [0.25, 0.3) is 5.91 Å². The second-order valence-electron chi connectivity index (χ2n) is 5.54. The Hall–Kier alpha value is -1.72. The van der Waals surface area contributed by atoms with Gasteiger partial charge in [-0.25, -0.2) is 0 Å². The molecule has 0 atom stereocenters. The fourth-order valence-corrected chi connectivity index (χ4v) is 2.55. The third kappa shape index (κ3) is 3.68. The van der Waals surface area contributed by atoms with E-state index in [0.717, 1.165) is 18.9 Å². The zero-order chi connectivity index (χ0) is 15.6. The summed E-state index contributed by atoms with van der Waals surface area (Å²) in [6.45, 7) is 4.18. The van der Waals surface area contributed by atoms with Gasteiger partial charge in [-0.15, -0.1) is 0 Å². The minimum absolute atomic E-state index is 0.00110. The SMILES string of the molecule is CCNc1ccc(C(=O)NC2CC(C)C2)cc1C(F)(F)F. The molecule has 0 spiro atoms. The summed E-state index contributed by atoms with van der Waals surface area (Å²) in [5, 5.41) is 5.43. The van der Waals surface area contributed by atoms with Crippen LogP contribution in [-0.2, 0) is 6.18 Å². The summed E-state index contributed by atoms with van der Waals surface area (Å²) < 4.78 is 39.1. The highest BCUT2D eigenvalue weighted by molar-refractivity contribution is 5.95. The zero-order valence-corrected chi connectivity index (χ0v) is 12.1. The molecule has 3 nitrogen and oxygen atoms in total. The number of rotatable bonds is 4. The van der Waals surface area contributed by atoms with E-state index in [9.17, 15) is 18.0 Å². The molecule has 1 aromatic rings. The Kier molecular flexibility index (Phi) is 4.44. The van der Waals surface area contributed by atoms with Crippen molar-refractivity contribution in [2.24, 2.45) is 5.92 Å². The molecule has 1 saturated carbocycles. The summed E-state index contributed by atoms with van der Waals surface area (Å²) >= 11 is 0. The fraction of sp³-hybridized carbons (Fsp3) is 0.533. The number of carbonyl (C=O) groups is 1. The maximum atomic E-state index is 13.0. The molecule has 21 heavy (non-hydrogen) atoms. The summed E-state index contributed by atoms with van der Waals surface area (Å²) in [4.78, 5) is 12.0. The van der Waals surface area contributed by atoms with Gasteiger partial charge in [-0.3, -0.25) is 4.79 Å². The number of anilines is 1. The lowest BCUT2D eigenvalue weighted by atomic mass is 9.82. The molecular formula is C15H19F3N2O. The van der Waals surface area contributed by atoms with E-state index in [1.165, 1.54) is 12.1 Å². The molecule has 2 rings (SSSR count). The van der Waals surface area contributed by atoms with Crippen molar-refractivity contribution in [3.8, 4) is 0 Å². The Labute approximate surface area is 121 Å².